The predicted molar refractivity (Wildman–Crippen MR) is 96.3 cm³/mol. The lowest BCUT2D eigenvalue weighted by Gasteiger charge is -2.32. The Hall–Kier alpha value is -3.05. The molecule has 0 atom stereocenters. The molecule has 29 heavy (non-hydrogen) atoms. The van der Waals surface area contributed by atoms with Crippen LogP contribution in [0.4, 0.5) is 24.7 Å². The smallest absolute Gasteiger partial charge is 0.435 e. The van der Waals surface area contributed by atoms with Gasteiger partial charge < -0.3 is 20.1 Å². The van der Waals surface area contributed by atoms with Gasteiger partial charge in [-0.25, -0.2) is 9.67 Å². The van der Waals surface area contributed by atoms with E-state index in [9.17, 15) is 18.0 Å². The minimum absolute atomic E-state index is 0.0701. The van der Waals surface area contributed by atoms with E-state index in [1.54, 1.807) is 6.92 Å². The molecule has 3 heterocycles. The molecule has 2 aromatic rings. The van der Waals surface area contributed by atoms with Gasteiger partial charge in [0.25, 0.3) is 0 Å². The molecule has 0 aliphatic carbocycles. The van der Waals surface area contributed by atoms with Gasteiger partial charge in [0.2, 0.25) is 11.8 Å². The molecule has 158 valence electrons. The number of piperidine rings is 1. The van der Waals surface area contributed by atoms with Crippen molar-refractivity contribution in [2.24, 2.45) is 13.0 Å². The maximum atomic E-state index is 12.8. The molecule has 0 radical (unpaired) electrons. The number of nitrogen functional groups attached to an aromatic ring is 1. The lowest BCUT2D eigenvalue weighted by molar-refractivity contribution is -0.148. The average molecular weight is 414 g/mol. The Morgan fingerprint density at radius 1 is 1.31 bits per heavy atom. The lowest BCUT2D eigenvalue weighted by Crippen LogP contribution is -2.37. The number of carbonyl (C=O) groups is 1. The topological polar surface area (TPSA) is 108 Å². The van der Waals surface area contributed by atoms with Gasteiger partial charge in [-0.05, 0) is 19.8 Å². The Labute approximate surface area is 164 Å². The predicted octanol–water partition coefficient (Wildman–Crippen LogP) is 2.38. The van der Waals surface area contributed by atoms with Gasteiger partial charge in [0.15, 0.2) is 11.5 Å². The number of aromatic nitrogens is 4. The number of hydrogen-bond donors (Lipinski definition) is 1. The third-order valence-electron chi connectivity index (χ3n) is 4.57. The Bertz CT molecular complexity index is 878. The van der Waals surface area contributed by atoms with E-state index in [4.69, 9.17) is 15.2 Å². The number of rotatable bonds is 5. The van der Waals surface area contributed by atoms with E-state index in [1.165, 1.54) is 13.4 Å². The van der Waals surface area contributed by atoms with Crippen molar-refractivity contribution in [3.05, 3.63) is 18.1 Å². The van der Waals surface area contributed by atoms with Crippen molar-refractivity contribution in [1.82, 2.24) is 19.7 Å². The Morgan fingerprint density at radius 2 is 2.00 bits per heavy atom. The van der Waals surface area contributed by atoms with Crippen LogP contribution in [0, 0.1) is 5.92 Å². The number of alkyl halides is 3. The van der Waals surface area contributed by atoms with Gasteiger partial charge in [-0.1, -0.05) is 0 Å². The van der Waals surface area contributed by atoms with E-state index in [0.29, 0.717) is 38.4 Å². The standard InChI is InChI=1S/C17H21F3N6O3/c1-3-28-16(27)10-4-6-26(7-5-10)14-13(21)15(23-9-22-14)29-12-8-11(17(18,19)20)24-25(12)2/h8-10H,3-7,21H2,1-2H3. The van der Waals surface area contributed by atoms with Crippen LogP contribution < -0.4 is 15.4 Å². The first-order valence-electron chi connectivity index (χ1n) is 9.01. The summed E-state index contributed by atoms with van der Waals surface area (Å²) in [6.45, 7) is 3.14. The van der Waals surface area contributed by atoms with Gasteiger partial charge >= 0.3 is 12.1 Å². The first-order valence-corrected chi connectivity index (χ1v) is 9.01. The molecule has 1 aliphatic rings. The summed E-state index contributed by atoms with van der Waals surface area (Å²) >= 11 is 0. The van der Waals surface area contributed by atoms with E-state index in [0.717, 1.165) is 10.7 Å². The Kier molecular flexibility index (Phi) is 5.80. The fourth-order valence-corrected chi connectivity index (χ4v) is 3.07. The van der Waals surface area contributed by atoms with Crippen LogP contribution in [-0.4, -0.2) is 45.4 Å². The molecule has 0 bridgehead atoms. The third-order valence-corrected chi connectivity index (χ3v) is 4.57. The molecular weight excluding hydrogens is 393 g/mol. The van der Waals surface area contributed by atoms with Gasteiger partial charge in [0.05, 0.1) is 12.5 Å². The minimum Gasteiger partial charge on any atom is -0.466 e. The van der Waals surface area contributed by atoms with Crippen molar-refractivity contribution in [1.29, 1.82) is 0 Å². The second-order valence-corrected chi connectivity index (χ2v) is 6.52. The number of nitrogens with two attached hydrogens (primary N) is 1. The summed E-state index contributed by atoms with van der Waals surface area (Å²) in [4.78, 5) is 21.8. The van der Waals surface area contributed by atoms with Crippen molar-refractivity contribution in [3.63, 3.8) is 0 Å². The van der Waals surface area contributed by atoms with Crippen LogP contribution in [-0.2, 0) is 22.8 Å². The number of aryl methyl sites for hydroxylation is 1. The van der Waals surface area contributed by atoms with Crippen molar-refractivity contribution < 1.29 is 27.4 Å². The molecule has 1 fully saturated rings. The summed E-state index contributed by atoms with van der Waals surface area (Å²) in [6.07, 6.45) is -2.21. The van der Waals surface area contributed by atoms with Crippen molar-refractivity contribution in [2.75, 3.05) is 30.3 Å². The third kappa shape index (κ3) is 4.51. The summed E-state index contributed by atoms with van der Waals surface area (Å²) in [5.74, 6) is -0.229. The molecule has 0 spiro atoms. The minimum atomic E-state index is -4.59. The molecule has 9 nitrogen and oxygen atoms in total. The van der Waals surface area contributed by atoms with Crippen LogP contribution in [0.5, 0.6) is 11.8 Å². The van der Waals surface area contributed by atoms with Gasteiger partial charge in [0, 0.05) is 26.2 Å². The summed E-state index contributed by atoms with van der Waals surface area (Å²) in [5.41, 5.74) is 5.13. The highest BCUT2D eigenvalue weighted by Gasteiger charge is 2.35. The van der Waals surface area contributed by atoms with E-state index in [-0.39, 0.29) is 29.3 Å². The number of halogens is 3. The number of esters is 1. The molecule has 0 unspecified atom stereocenters. The highest BCUT2D eigenvalue weighted by molar-refractivity contribution is 5.73. The summed E-state index contributed by atoms with van der Waals surface area (Å²) in [5, 5.41) is 3.39. The molecule has 0 aromatic carbocycles. The monoisotopic (exact) mass is 414 g/mol. The molecule has 1 aliphatic heterocycles. The van der Waals surface area contributed by atoms with Crippen LogP contribution in [0.3, 0.4) is 0 Å². The van der Waals surface area contributed by atoms with Gasteiger partial charge in [0.1, 0.15) is 12.0 Å². The number of ether oxygens (including phenoxy) is 2. The van der Waals surface area contributed by atoms with E-state index in [2.05, 4.69) is 15.1 Å². The Balaban J connectivity index is 1.74. The normalized spacial score (nSPS) is 15.4. The van der Waals surface area contributed by atoms with Crippen molar-refractivity contribution in [2.45, 2.75) is 25.9 Å². The first kappa shape index (κ1) is 20.7. The van der Waals surface area contributed by atoms with E-state index in [1.807, 2.05) is 4.90 Å². The quantitative estimate of drug-likeness (QED) is 0.743. The zero-order valence-corrected chi connectivity index (χ0v) is 15.9. The van der Waals surface area contributed by atoms with E-state index >= 15 is 0 Å². The highest BCUT2D eigenvalue weighted by atomic mass is 19.4. The maximum Gasteiger partial charge on any atom is 0.435 e. The van der Waals surface area contributed by atoms with Gasteiger partial charge in [-0.15, -0.1) is 0 Å². The van der Waals surface area contributed by atoms with Crippen LogP contribution in [0.2, 0.25) is 0 Å². The second-order valence-electron chi connectivity index (χ2n) is 6.52. The molecular formula is C17H21F3N6O3. The second kappa shape index (κ2) is 8.13. The zero-order valence-electron chi connectivity index (χ0n) is 15.9. The lowest BCUT2D eigenvalue weighted by atomic mass is 9.97. The fourth-order valence-electron chi connectivity index (χ4n) is 3.07. The number of hydrogen-bond acceptors (Lipinski definition) is 8. The molecule has 2 aromatic heterocycles. The maximum absolute atomic E-state index is 12.8. The van der Waals surface area contributed by atoms with Crippen LogP contribution >= 0.6 is 0 Å². The molecule has 2 N–H and O–H groups in total. The summed E-state index contributed by atoms with van der Waals surface area (Å²) in [6, 6.07) is 0.770. The average Bonchev–Trinajstić information content (AvgIpc) is 3.05. The van der Waals surface area contributed by atoms with E-state index < -0.39 is 11.9 Å². The fraction of sp³-hybridized carbons (Fsp3) is 0.529. The first-order chi connectivity index (χ1) is 13.7. The number of nitrogens with zero attached hydrogens (tertiary/aromatic N) is 5. The largest absolute Gasteiger partial charge is 0.466 e. The van der Waals surface area contributed by atoms with Gasteiger partial charge in [-0.2, -0.15) is 23.3 Å². The zero-order chi connectivity index (χ0) is 21.2. The van der Waals surface area contributed by atoms with Crippen LogP contribution in [0.15, 0.2) is 12.4 Å². The molecule has 0 saturated carbocycles. The van der Waals surface area contributed by atoms with Crippen LogP contribution in [0.1, 0.15) is 25.5 Å². The Morgan fingerprint density at radius 3 is 2.59 bits per heavy atom. The molecule has 12 heteroatoms. The molecule has 3 rings (SSSR count). The summed E-state index contributed by atoms with van der Waals surface area (Å²) in [7, 11) is 1.32. The summed E-state index contributed by atoms with van der Waals surface area (Å²) < 4.78 is 49.9. The highest BCUT2D eigenvalue weighted by Crippen LogP contribution is 2.35. The number of carbonyl (C=O) groups excluding carboxylic acids is 1. The molecule has 0 amide bonds. The number of anilines is 2. The van der Waals surface area contributed by atoms with Crippen molar-refractivity contribution in [3.8, 4) is 11.8 Å². The van der Waals surface area contributed by atoms with Crippen LogP contribution in [0.25, 0.3) is 0 Å². The SMILES string of the molecule is CCOC(=O)C1CCN(c2ncnc(Oc3cc(C(F)(F)F)nn3C)c2N)CC1. The van der Waals surface area contributed by atoms with Crippen molar-refractivity contribution >= 4 is 17.5 Å². The van der Waals surface area contributed by atoms with Gasteiger partial charge in [-0.3, -0.25) is 4.79 Å². The molecule has 1 saturated heterocycles.